The minimum absolute atomic E-state index is 0.0119. The SMILES string of the molecule is CCC(C)C(=O)N1CCCC(C(=O)N2CCOC(CC(=O)O)C2)C1. The van der Waals surface area contributed by atoms with Crippen molar-refractivity contribution in [2.24, 2.45) is 11.8 Å². The molecule has 136 valence electrons. The third-order valence-electron chi connectivity index (χ3n) is 4.97. The van der Waals surface area contributed by atoms with Gasteiger partial charge in [0.05, 0.1) is 25.0 Å². The average molecular weight is 340 g/mol. The van der Waals surface area contributed by atoms with E-state index < -0.39 is 12.1 Å². The summed E-state index contributed by atoms with van der Waals surface area (Å²) in [5, 5.41) is 8.88. The van der Waals surface area contributed by atoms with Crippen LogP contribution in [0.25, 0.3) is 0 Å². The molecule has 2 aliphatic rings. The predicted molar refractivity (Wildman–Crippen MR) is 87.3 cm³/mol. The van der Waals surface area contributed by atoms with Crippen LogP contribution < -0.4 is 0 Å². The maximum absolute atomic E-state index is 12.8. The zero-order chi connectivity index (χ0) is 17.7. The summed E-state index contributed by atoms with van der Waals surface area (Å²) in [5.41, 5.74) is 0. The summed E-state index contributed by atoms with van der Waals surface area (Å²) in [6.45, 7) is 6.29. The van der Waals surface area contributed by atoms with E-state index in [9.17, 15) is 14.4 Å². The molecule has 0 aromatic heterocycles. The lowest BCUT2D eigenvalue weighted by Crippen LogP contribution is -2.52. The van der Waals surface area contributed by atoms with E-state index in [0.717, 1.165) is 25.8 Å². The van der Waals surface area contributed by atoms with Crippen LogP contribution in [0.1, 0.15) is 39.5 Å². The summed E-state index contributed by atoms with van der Waals surface area (Å²) in [4.78, 5) is 39.5. The van der Waals surface area contributed by atoms with Crippen LogP contribution in [-0.2, 0) is 19.1 Å². The van der Waals surface area contributed by atoms with Gasteiger partial charge in [0.2, 0.25) is 11.8 Å². The monoisotopic (exact) mass is 340 g/mol. The van der Waals surface area contributed by atoms with E-state index in [1.807, 2.05) is 18.7 Å². The Kier molecular flexibility index (Phi) is 6.60. The van der Waals surface area contributed by atoms with Crippen molar-refractivity contribution in [3.05, 3.63) is 0 Å². The first-order valence-electron chi connectivity index (χ1n) is 8.83. The van der Waals surface area contributed by atoms with Gasteiger partial charge in [-0.2, -0.15) is 0 Å². The molecule has 7 heteroatoms. The molecule has 0 aromatic rings. The third kappa shape index (κ3) is 4.69. The normalized spacial score (nSPS) is 26.1. The molecule has 0 saturated carbocycles. The van der Waals surface area contributed by atoms with E-state index in [-0.39, 0.29) is 30.1 Å². The van der Waals surface area contributed by atoms with Crippen LogP contribution in [0.3, 0.4) is 0 Å². The zero-order valence-electron chi connectivity index (χ0n) is 14.6. The summed E-state index contributed by atoms with van der Waals surface area (Å²) in [5.74, 6) is -0.967. The Morgan fingerprint density at radius 1 is 1.21 bits per heavy atom. The number of carboxylic acids is 1. The van der Waals surface area contributed by atoms with Gasteiger partial charge in [-0.1, -0.05) is 13.8 Å². The maximum atomic E-state index is 12.8. The standard InChI is InChI=1S/C17H28N2O5/c1-3-12(2)16(22)18-6-4-5-13(10-18)17(23)19-7-8-24-14(11-19)9-15(20)21/h12-14H,3-11H2,1-2H3,(H,20,21). The number of aliphatic carboxylic acids is 1. The quantitative estimate of drug-likeness (QED) is 0.806. The highest BCUT2D eigenvalue weighted by molar-refractivity contribution is 5.82. The highest BCUT2D eigenvalue weighted by atomic mass is 16.5. The van der Waals surface area contributed by atoms with Gasteiger partial charge in [-0.3, -0.25) is 14.4 Å². The van der Waals surface area contributed by atoms with Crippen molar-refractivity contribution in [1.29, 1.82) is 0 Å². The Bertz CT molecular complexity index is 482. The number of rotatable bonds is 5. The Labute approximate surface area is 142 Å². The molecule has 0 aliphatic carbocycles. The topological polar surface area (TPSA) is 87.2 Å². The van der Waals surface area contributed by atoms with Gasteiger partial charge >= 0.3 is 5.97 Å². The molecular formula is C17H28N2O5. The molecule has 2 aliphatic heterocycles. The maximum Gasteiger partial charge on any atom is 0.306 e. The predicted octanol–water partition coefficient (Wildman–Crippen LogP) is 0.973. The number of morpholine rings is 1. The van der Waals surface area contributed by atoms with Crippen molar-refractivity contribution in [3.63, 3.8) is 0 Å². The van der Waals surface area contributed by atoms with E-state index >= 15 is 0 Å². The van der Waals surface area contributed by atoms with Crippen LogP contribution in [0.15, 0.2) is 0 Å². The van der Waals surface area contributed by atoms with Crippen LogP contribution in [0, 0.1) is 11.8 Å². The Morgan fingerprint density at radius 2 is 1.96 bits per heavy atom. The van der Waals surface area contributed by atoms with Crippen LogP contribution in [0.4, 0.5) is 0 Å². The van der Waals surface area contributed by atoms with E-state index in [1.54, 1.807) is 4.90 Å². The second-order valence-corrected chi connectivity index (χ2v) is 6.81. The second kappa shape index (κ2) is 8.46. The van der Waals surface area contributed by atoms with Crippen molar-refractivity contribution in [2.45, 2.75) is 45.6 Å². The van der Waals surface area contributed by atoms with Gasteiger partial charge in [-0.15, -0.1) is 0 Å². The van der Waals surface area contributed by atoms with Gasteiger partial charge < -0.3 is 19.6 Å². The van der Waals surface area contributed by atoms with Gasteiger partial charge in [0, 0.05) is 32.1 Å². The highest BCUT2D eigenvalue weighted by Gasteiger charge is 2.34. The summed E-state index contributed by atoms with van der Waals surface area (Å²) in [6.07, 6.45) is 1.88. The largest absolute Gasteiger partial charge is 0.481 e. The smallest absolute Gasteiger partial charge is 0.306 e. The van der Waals surface area contributed by atoms with Crippen molar-refractivity contribution in [1.82, 2.24) is 9.80 Å². The molecule has 7 nitrogen and oxygen atoms in total. The lowest BCUT2D eigenvalue weighted by molar-refractivity contribution is -0.152. The molecule has 3 unspecified atom stereocenters. The molecule has 0 bridgehead atoms. The lowest BCUT2D eigenvalue weighted by Gasteiger charge is -2.38. The minimum atomic E-state index is -0.919. The zero-order valence-corrected chi connectivity index (χ0v) is 14.6. The number of carboxylic acid groups (broad SMARTS) is 1. The fourth-order valence-electron chi connectivity index (χ4n) is 3.36. The average Bonchev–Trinajstić information content (AvgIpc) is 2.59. The lowest BCUT2D eigenvalue weighted by atomic mass is 9.94. The number of likely N-dealkylation sites (tertiary alicyclic amines) is 1. The van der Waals surface area contributed by atoms with Crippen molar-refractivity contribution >= 4 is 17.8 Å². The van der Waals surface area contributed by atoms with Crippen molar-refractivity contribution in [3.8, 4) is 0 Å². The molecule has 0 spiro atoms. The second-order valence-electron chi connectivity index (χ2n) is 6.81. The highest BCUT2D eigenvalue weighted by Crippen LogP contribution is 2.22. The molecule has 3 atom stereocenters. The molecular weight excluding hydrogens is 312 g/mol. The molecule has 2 saturated heterocycles. The van der Waals surface area contributed by atoms with Gasteiger partial charge in [-0.05, 0) is 19.3 Å². The van der Waals surface area contributed by atoms with Gasteiger partial charge in [0.25, 0.3) is 0 Å². The van der Waals surface area contributed by atoms with E-state index in [0.29, 0.717) is 26.2 Å². The van der Waals surface area contributed by atoms with Gasteiger partial charge in [-0.25, -0.2) is 0 Å². The number of carbonyl (C=O) groups is 3. The molecule has 1 N–H and O–H groups in total. The molecule has 0 aromatic carbocycles. The summed E-state index contributed by atoms with van der Waals surface area (Å²) in [6, 6.07) is 0. The van der Waals surface area contributed by atoms with E-state index in [1.165, 1.54) is 0 Å². The number of piperidine rings is 1. The van der Waals surface area contributed by atoms with Gasteiger partial charge in [0.15, 0.2) is 0 Å². The fourth-order valence-corrected chi connectivity index (χ4v) is 3.36. The minimum Gasteiger partial charge on any atom is -0.481 e. The van der Waals surface area contributed by atoms with Crippen molar-refractivity contribution in [2.75, 3.05) is 32.8 Å². The number of carbonyl (C=O) groups excluding carboxylic acids is 2. The Balaban J connectivity index is 1.93. The first-order valence-corrected chi connectivity index (χ1v) is 8.83. The van der Waals surface area contributed by atoms with Crippen molar-refractivity contribution < 1.29 is 24.2 Å². The first-order chi connectivity index (χ1) is 11.4. The van der Waals surface area contributed by atoms with Crippen LogP contribution in [-0.4, -0.2) is 71.6 Å². The number of nitrogens with zero attached hydrogens (tertiary/aromatic N) is 2. The van der Waals surface area contributed by atoms with Crippen LogP contribution in [0.5, 0.6) is 0 Å². The molecule has 2 fully saturated rings. The molecule has 2 heterocycles. The van der Waals surface area contributed by atoms with E-state index in [4.69, 9.17) is 9.84 Å². The van der Waals surface area contributed by atoms with Crippen LogP contribution >= 0.6 is 0 Å². The number of hydrogen-bond acceptors (Lipinski definition) is 4. The van der Waals surface area contributed by atoms with Crippen LogP contribution in [0.2, 0.25) is 0 Å². The third-order valence-corrected chi connectivity index (χ3v) is 4.97. The Hall–Kier alpha value is -1.63. The number of ether oxygens (including phenoxy) is 1. The molecule has 2 amide bonds. The molecule has 24 heavy (non-hydrogen) atoms. The Morgan fingerprint density at radius 3 is 2.62 bits per heavy atom. The fraction of sp³-hybridized carbons (Fsp3) is 0.824. The summed E-state index contributed by atoms with van der Waals surface area (Å²) < 4.78 is 5.42. The summed E-state index contributed by atoms with van der Waals surface area (Å²) >= 11 is 0. The number of amides is 2. The first kappa shape index (κ1) is 18.7. The van der Waals surface area contributed by atoms with E-state index in [2.05, 4.69) is 0 Å². The number of hydrogen-bond donors (Lipinski definition) is 1. The molecule has 0 radical (unpaired) electrons. The molecule has 2 rings (SSSR count). The summed E-state index contributed by atoms with van der Waals surface area (Å²) in [7, 11) is 0. The van der Waals surface area contributed by atoms with Gasteiger partial charge in [0.1, 0.15) is 0 Å².